The van der Waals surface area contributed by atoms with Gasteiger partial charge in [0, 0.05) is 0 Å². The first-order valence-corrected chi connectivity index (χ1v) is 34.6. The van der Waals surface area contributed by atoms with Crippen LogP contribution in [0.2, 0.25) is 0 Å². The Hall–Kier alpha value is -6.51. The molecule has 0 heterocycles. The standard InChI is InChI=1S/C84H99ClSi/c1-40-46(7)58(19)79(59(20)47(40)8)70-31-71(80-60(21)48(9)41(2)49(10)61(80)22)35-76(34-70)86(85,77-36-72(81-62(23)50(11)42(3)51(12)63(81)24)32-73(37-77)82-64(25)52(13)43(4)53(14)65(82)26)78-38-74(83-66(27)54(15)44(5)55(16)67(83)28)33-75(39-78)84-68(29)56(17)45(6)57(18)69(84)30/h31-39H,1-30H3. The van der Waals surface area contributed by atoms with Crippen LogP contribution in [0.4, 0.5) is 0 Å². The maximum absolute atomic E-state index is 9.82. The van der Waals surface area contributed by atoms with Crippen molar-refractivity contribution in [3.8, 4) is 66.8 Å². The van der Waals surface area contributed by atoms with E-state index in [0.29, 0.717) is 0 Å². The summed E-state index contributed by atoms with van der Waals surface area (Å²) in [6.45, 7) is 69.8. The first-order chi connectivity index (χ1) is 40.0. The number of rotatable bonds is 9. The second-order valence-corrected chi connectivity index (χ2v) is 31.8. The molecule has 9 aromatic carbocycles. The van der Waals surface area contributed by atoms with Crippen molar-refractivity contribution in [1.82, 2.24) is 0 Å². The summed E-state index contributed by atoms with van der Waals surface area (Å²) in [6.07, 6.45) is 0. The van der Waals surface area contributed by atoms with Gasteiger partial charge in [-0.25, -0.2) is 0 Å². The summed E-state index contributed by atoms with van der Waals surface area (Å²) in [4.78, 5) is 0. The van der Waals surface area contributed by atoms with E-state index in [1.807, 2.05) is 0 Å². The SMILES string of the molecule is Cc1c(C)c(C)c(-c2cc(-c3c(C)c(C)c(C)c(C)c3C)cc([Si](Cl)(c3cc(-c4c(C)c(C)c(C)c(C)c4C)cc(-c4c(C)c(C)c(C)c(C)c4C)c3)c3cc(-c4c(C)c(C)c(C)c(C)c4C)cc(-c4c(C)c(C)c(C)c(C)c4C)c3)c2)c(C)c1C. The van der Waals surface area contributed by atoms with Gasteiger partial charge in [0.1, 0.15) is 0 Å². The first kappa shape index (κ1) is 64.0. The van der Waals surface area contributed by atoms with Crippen LogP contribution in [0.25, 0.3) is 66.8 Å². The molecule has 0 bridgehead atoms. The van der Waals surface area contributed by atoms with Crippen LogP contribution < -0.4 is 15.6 Å². The van der Waals surface area contributed by atoms with Crippen molar-refractivity contribution in [3.05, 3.63) is 222 Å². The van der Waals surface area contributed by atoms with E-state index in [1.165, 1.54) is 249 Å². The highest BCUT2D eigenvalue weighted by molar-refractivity contribution is 7.40. The highest BCUT2D eigenvalue weighted by Gasteiger charge is 2.42. The van der Waals surface area contributed by atoms with E-state index < -0.39 is 7.38 Å². The fourth-order valence-corrected chi connectivity index (χ4v) is 19.6. The molecule has 0 aliphatic rings. The monoisotopic (exact) mass is 1170 g/mol. The Morgan fingerprint density at radius 2 is 0.244 bits per heavy atom. The van der Waals surface area contributed by atoms with Crippen molar-refractivity contribution in [2.24, 2.45) is 0 Å². The predicted octanol–water partition coefficient (Wildman–Crippen LogP) is 22.1. The molecule has 0 saturated carbocycles. The maximum atomic E-state index is 9.82. The van der Waals surface area contributed by atoms with Gasteiger partial charge in [0.25, 0.3) is 0 Å². The minimum absolute atomic E-state index is 1.19. The summed E-state index contributed by atoms with van der Waals surface area (Å²) >= 11 is 9.82. The van der Waals surface area contributed by atoms with E-state index in [0.717, 1.165) is 0 Å². The largest absolute Gasteiger partial charge is 0.248 e. The molecule has 9 rings (SSSR count). The Labute approximate surface area is 526 Å². The Balaban J connectivity index is 1.62. The lowest BCUT2D eigenvalue weighted by Crippen LogP contribution is -2.63. The van der Waals surface area contributed by atoms with Gasteiger partial charge < -0.3 is 0 Å². The van der Waals surface area contributed by atoms with Gasteiger partial charge in [-0.1, -0.05) is 36.4 Å². The minimum atomic E-state index is -3.83. The molecular weight excluding hydrogens is 1070 g/mol. The fourth-order valence-electron chi connectivity index (χ4n) is 15.4. The molecule has 0 fully saturated rings. The van der Waals surface area contributed by atoms with Gasteiger partial charge in [-0.15, -0.1) is 11.1 Å². The van der Waals surface area contributed by atoms with Crippen LogP contribution in [-0.2, 0) is 0 Å². The van der Waals surface area contributed by atoms with Crippen molar-refractivity contribution >= 4 is 34.0 Å². The van der Waals surface area contributed by atoms with Crippen LogP contribution >= 0.6 is 11.1 Å². The molecule has 0 atom stereocenters. The minimum Gasteiger partial charge on any atom is -0.149 e. The van der Waals surface area contributed by atoms with Crippen molar-refractivity contribution in [2.45, 2.75) is 208 Å². The fraction of sp³-hybridized carbons (Fsp3) is 0.357. The Morgan fingerprint density at radius 1 is 0.151 bits per heavy atom. The zero-order valence-corrected chi connectivity index (χ0v) is 60.3. The van der Waals surface area contributed by atoms with Crippen LogP contribution in [0, 0.1) is 208 Å². The molecule has 0 nitrogen and oxygen atoms in total. The molecule has 0 aromatic heterocycles. The topological polar surface area (TPSA) is 0 Å². The molecule has 9 aromatic rings. The van der Waals surface area contributed by atoms with Crippen LogP contribution in [-0.4, -0.2) is 7.38 Å². The molecule has 0 spiro atoms. The van der Waals surface area contributed by atoms with E-state index in [-0.39, 0.29) is 0 Å². The average Bonchev–Trinajstić information content (AvgIpc) is 0.866. The zero-order valence-electron chi connectivity index (χ0n) is 58.6. The highest BCUT2D eigenvalue weighted by atomic mass is 35.6. The summed E-state index contributed by atoms with van der Waals surface area (Å²) in [5.74, 6) is 0. The average molecular weight is 1170 g/mol. The molecule has 0 N–H and O–H groups in total. The third-order valence-electron chi connectivity index (χ3n) is 23.7. The number of halogens is 1. The Kier molecular flexibility index (Phi) is 17.0. The summed E-state index contributed by atoms with van der Waals surface area (Å²) in [7, 11) is -3.83. The predicted molar refractivity (Wildman–Crippen MR) is 385 cm³/mol. The van der Waals surface area contributed by atoms with E-state index in [1.54, 1.807) is 0 Å². The normalized spacial score (nSPS) is 11.9. The third kappa shape index (κ3) is 9.76. The molecule has 2 heteroatoms. The Morgan fingerprint density at radius 3 is 0.349 bits per heavy atom. The van der Waals surface area contributed by atoms with E-state index in [2.05, 4.69) is 262 Å². The molecular formula is C84H99ClSi. The maximum Gasteiger partial charge on any atom is 0.248 e. The van der Waals surface area contributed by atoms with Crippen molar-refractivity contribution in [2.75, 3.05) is 0 Å². The molecule has 0 aliphatic heterocycles. The lowest BCUT2D eigenvalue weighted by Gasteiger charge is -2.32. The summed E-state index contributed by atoms with van der Waals surface area (Å²) in [5, 5.41) is 3.56. The second kappa shape index (κ2) is 22.9. The molecule has 0 aliphatic carbocycles. The second-order valence-electron chi connectivity index (χ2n) is 27.1. The lowest BCUT2D eigenvalue weighted by molar-refractivity contribution is 1.17. The quantitative estimate of drug-likeness (QED) is 0.0768. The molecule has 0 saturated heterocycles. The lowest BCUT2D eigenvalue weighted by atomic mass is 9.83. The smallest absolute Gasteiger partial charge is 0.149 e. The Bertz CT molecular complexity index is 3540. The van der Waals surface area contributed by atoms with Crippen LogP contribution in [0.15, 0.2) is 54.6 Å². The highest BCUT2D eigenvalue weighted by Crippen LogP contribution is 2.45. The third-order valence-corrected chi connectivity index (χ3v) is 28.9. The number of benzene rings is 9. The van der Waals surface area contributed by atoms with Crippen LogP contribution in [0.3, 0.4) is 0 Å². The molecule has 446 valence electrons. The van der Waals surface area contributed by atoms with Crippen LogP contribution in [0.5, 0.6) is 0 Å². The van der Waals surface area contributed by atoms with Crippen molar-refractivity contribution in [1.29, 1.82) is 0 Å². The van der Waals surface area contributed by atoms with E-state index in [4.69, 9.17) is 0 Å². The van der Waals surface area contributed by atoms with Gasteiger partial charge in [0.2, 0.25) is 7.38 Å². The zero-order chi connectivity index (χ0) is 63.8. The van der Waals surface area contributed by atoms with Gasteiger partial charge in [0.05, 0.1) is 0 Å². The number of hydrogen-bond acceptors (Lipinski definition) is 0. The first-order valence-electron chi connectivity index (χ1n) is 31.6. The summed E-state index contributed by atoms with van der Waals surface area (Å²) in [5.41, 5.74) is 55.5. The summed E-state index contributed by atoms with van der Waals surface area (Å²) < 4.78 is 0. The van der Waals surface area contributed by atoms with E-state index >= 15 is 0 Å². The summed E-state index contributed by atoms with van der Waals surface area (Å²) in [6, 6.07) is 22.9. The van der Waals surface area contributed by atoms with Gasteiger partial charge in [-0.05, 0) is 475 Å². The molecule has 0 amide bonds. The molecule has 0 radical (unpaired) electrons. The molecule has 86 heavy (non-hydrogen) atoms. The van der Waals surface area contributed by atoms with Crippen molar-refractivity contribution in [3.63, 3.8) is 0 Å². The van der Waals surface area contributed by atoms with Gasteiger partial charge >= 0.3 is 0 Å². The van der Waals surface area contributed by atoms with Crippen molar-refractivity contribution < 1.29 is 0 Å². The van der Waals surface area contributed by atoms with Crippen LogP contribution in [0.1, 0.15) is 167 Å². The van der Waals surface area contributed by atoms with Gasteiger partial charge in [0.15, 0.2) is 0 Å². The molecule has 0 unspecified atom stereocenters. The van der Waals surface area contributed by atoms with E-state index in [9.17, 15) is 11.1 Å². The van der Waals surface area contributed by atoms with Gasteiger partial charge in [-0.3, -0.25) is 0 Å². The van der Waals surface area contributed by atoms with Gasteiger partial charge in [-0.2, -0.15) is 0 Å². The number of hydrogen-bond donors (Lipinski definition) is 0.